The fourth-order valence-electron chi connectivity index (χ4n) is 4.01. The number of hydrogen-bond acceptors (Lipinski definition) is 5. The van der Waals surface area contributed by atoms with Gasteiger partial charge in [0.2, 0.25) is 11.8 Å². The van der Waals surface area contributed by atoms with Gasteiger partial charge in [-0.15, -0.1) is 0 Å². The lowest BCUT2D eigenvalue weighted by atomic mass is 9.54. The van der Waals surface area contributed by atoms with E-state index in [2.05, 4.69) is 5.32 Å². The maximum Gasteiger partial charge on any atom is 0.249 e. The molecule has 2 amide bonds. The summed E-state index contributed by atoms with van der Waals surface area (Å²) in [4.78, 5) is 27.4. The molecular weight excluding hydrogens is 346 g/mol. The molecule has 1 aliphatic heterocycles. The molecule has 1 aliphatic carbocycles. The summed E-state index contributed by atoms with van der Waals surface area (Å²) >= 11 is 0. The number of amides is 2. The van der Waals surface area contributed by atoms with Crippen LogP contribution in [0.4, 0.5) is 5.69 Å². The second-order valence-electron chi connectivity index (χ2n) is 7.82. The molecule has 1 aromatic rings. The predicted molar refractivity (Wildman–Crippen MR) is 103 cm³/mol. The Morgan fingerprint density at radius 2 is 2.07 bits per heavy atom. The molecule has 7 nitrogen and oxygen atoms in total. The molecule has 3 unspecified atom stereocenters. The van der Waals surface area contributed by atoms with Crippen LogP contribution in [0.2, 0.25) is 0 Å². The lowest BCUT2D eigenvalue weighted by molar-refractivity contribution is -0.171. The highest BCUT2D eigenvalue weighted by atomic mass is 16.5. The van der Waals surface area contributed by atoms with E-state index in [0.29, 0.717) is 37.4 Å². The highest BCUT2D eigenvalue weighted by Crippen LogP contribution is 2.50. The first-order valence-electron chi connectivity index (χ1n) is 9.42. The van der Waals surface area contributed by atoms with Gasteiger partial charge in [0.05, 0.1) is 18.9 Å². The van der Waals surface area contributed by atoms with E-state index >= 15 is 0 Å². The van der Waals surface area contributed by atoms with Crippen molar-refractivity contribution in [1.29, 1.82) is 0 Å². The van der Waals surface area contributed by atoms with E-state index in [1.807, 2.05) is 45.0 Å². The Morgan fingerprint density at radius 3 is 2.70 bits per heavy atom. The third-order valence-corrected chi connectivity index (χ3v) is 6.12. The lowest BCUT2D eigenvalue weighted by Crippen LogP contribution is -2.76. The van der Waals surface area contributed by atoms with Crippen LogP contribution in [-0.4, -0.2) is 49.8 Å². The number of rotatable bonds is 6. The highest BCUT2D eigenvalue weighted by Gasteiger charge is 2.63. The van der Waals surface area contributed by atoms with Gasteiger partial charge >= 0.3 is 0 Å². The van der Waals surface area contributed by atoms with Crippen molar-refractivity contribution in [1.82, 2.24) is 5.32 Å². The molecule has 1 saturated heterocycles. The Bertz CT molecular complexity index is 736. The molecular formula is C20H29N3O4. The number of nitrogens with zero attached hydrogens (tertiary/aromatic N) is 1. The molecule has 1 aromatic carbocycles. The van der Waals surface area contributed by atoms with Gasteiger partial charge in [-0.05, 0) is 25.5 Å². The van der Waals surface area contributed by atoms with E-state index in [1.54, 1.807) is 12.0 Å². The Hall–Kier alpha value is -2.12. The molecule has 2 fully saturated rings. The Kier molecular flexibility index (Phi) is 5.18. The van der Waals surface area contributed by atoms with Gasteiger partial charge in [-0.3, -0.25) is 9.59 Å². The summed E-state index contributed by atoms with van der Waals surface area (Å²) in [5, 5.41) is 2.88. The first-order chi connectivity index (χ1) is 12.8. The van der Waals surface area contributed by atoms with Crippen LogP contribution in [0.5, 0.6) is 5.75 Å². The smallest absolute Gasteiger partial charge is 0.249 e. The van der Waals surface area contributed by atoms with Crippen molar-refractivity contribution in [2.24, 2.45) is 11.1 Å². The lowest BCUT2D eigenvalue weighted by Gasteiger charge is -2.57. The van der Waals surface area contributed by atoms with Crippen LogP contribution in [0.25, 0.3) is 0 Å². The first kappa shape index (κ1) is 19.6. The van der Waals surface area contributed by atoms with Gasteiger partial charge in [-0.2, -0.15) is 0 Å². The molecule has 27 heavy (non-hydrogen) atoms. The maximum atomic E-state index is 12.9. The van der Waals surface area contributed by atoms with Gasteiger partial charge in [-0.1, -0.05) is 26.0 Å². The number of nitrogens with two attached hydrogens (primary N) is 1. The molecule has 0 bridgehead atoms. The van der Waals surface area contributed by atoms with Crippen molar-refractivity contribution in [2.45, 2.75) is 51.3 Å². The largest absolute Gasteiger partial charge is 0.495 e. The minimum Gasteiger partial charge on any atom is -0.495 e. The van der Waals surface area contributed by atoms with E-state index in [1.165, 1.54) is 0 Å². The van der Waals surface area contributed by atoms with Crippen molar-refractivity contribution in [3.8, 4) is 5.75 Å². The number of benzene rings is 1. The van der Waals surface area contributed by atoms with Crippen LogP contribution < -0.4 is 20.7 Å². The minimum absolute atomic E-state index is 0.0531. The molecule has 2 aliphatic rings. The molecule has 1 saturated carbocycles. The molecule has 3 rings (SSSR count). The van der Waals surface area contributed by atoms with Crippen LogP contribution in [0.15, 0.2) is 24.3 Å². The van der Waals surface area contributed by atoms with Crippen molar-refractivity contribution in [3.63, 3.8) is 0 Å². The van der Waals surface area contributed by atoms with Gasteiger partial charge in [0.15, 0.2) is 0 Å². The molecule has 0 aromatic heterocycles. The summed E-state index contributed by atoms with van der Waals surface area (Å²) in [5.74, 6) is 0.200. The highest BCUT2D eigenvalue weighted by molar-refractivity contribution is 6.03. The maximum absolute atomic E-state index is 12.9. The van der Waals surface area contributed by atoms with E-state index in [9.17, 15) is 9.59 Å². The predicted octanol–water partition coefficient (Wildman–Crippen LogP) is 1.45. The minimum atomic E-state index is -1.04. The normalized spacial score (nSPS) is 29.4. The summed E-state index contributed by atoms with van der Waals surface area (Å²) in [6.45, 7) is 6.91. The fraction of sp³-hybridized carbons (Fsp3) is 0.600. The number of para-hydroxylation sites is 2. The van der Waals surface area contributed by atoms with E-state index in [4.69, 9.17) is 15.2 Å². The van der Waals surface area contributed by atoms with E-state index in [-0.39, 0.29) is 17.9 Å². The van der Waals surface area contributed by atoms with Crippen molar-refractivity contribution >= 4 is 17.5 Å². The SMILES string of the molecule is CCOC1CC(N)(C(=O)NC2CCN(c3ccccc3OC)C2=O)C1(C)C. The summed E-state index contributed by atoms with van der Waals surface area (Å²) in [6.07, 6.45) is 0.938. The van der Waals surface area contributed by atoms with Crippen molar-refractivity contribution in [2.75, 3.05) is 25.2 Å². The zero-order chi connectivity index (χ0) is 19.8. The zero-order valence-corrected chi connectivity index (χ0v) is 16.5. The standard InChI is InChI=1S/C20H29N3O4/c1-5-27-16-12-20(21,19(16,2)3)18(25)22-13-10-11-23(17(13)24)14-8-6-7-9-15(14)26-4/h6-9,13,16H,5,10-12,21H2,1-4H3,(H,22,25). The topological polar surface area (TPSA) is 93.9 Å². The van der Waals surface area contributed by atoms with Crippen LogP contribution in [0.1, 0.15) is 33.6 Å². The fourth-order valence-corrected chi connectivity index (χ4v) is 4.01. The Balaban J connectivity index is 1.69. The number of nitrogens with one attached hydrogen (secondary N) is 1. The molecule has 1 heterocycles. The van der Waals surface area contributed by atoms with Crippen LogP contribution in [-0.2, 0) is 14.3 Å². The number of hydrogen-bond donors (Lipinski definition) is 2. The number of methoxy groups -OCH3 is 1. The summed E-state index contributed by atoms with van der Waals surface area (Å²) in [6, 6.07) is 6.79. The molecule has 0 radical (unpaired) electrons. The third kappa shape index (κ3) is 3.08. The molecule has 148 valence electrons. The van der Waals surface area contributed by atoms with Gasteiger partial charge in [-0.25, -0.2) is 0 Å². The second kappa shape index (κ2) is 7.13. The van der Waals surface area contributed by atoms with Crippen molar-refractivity contribution in [3.05, 3.63) is 24.3 Å². The summed E-state index contributed by atoms with van der Waals surface area (Å²) in [5.41, 5.74) is 5.61. The van der Waals surface area contributed by atoms with Gasteiger partial charge in [0.25, 0.3) is 0 Å². The van der Waals surface area contributed by atoms with Crippen molar-refractivity contribution < 1.29 is 19.1 Å². The summed E-state index contributed by atoms with van der Waals surface area (Å²) in [7, 11) is 1.57. The molecule has 7 heteroatoms. The molecule has 3 N–H and O–H groups in total. The monoisotopic (exact) mass is 375 g/mol. The third-order valence-electron chi connectivity index (χ3n) is 6.12. The average molecular weight is 375 g/mol. The molecule has 3 atom stereocenters. The number of anilines is 1. The Labute approximate surface area is 160 Å². The Morgan fingerprint density at radius 1 is 1.37 bits per heavy atom. The first-order valence-corrected chi connectivity index (χ1v) is 9.42. The van der Waals surface area contributed by atoms with Crippen LogP contribution >= 0.6 is 0 Å². The zero-order valence-electron chi connectivity index (χ0n) is 16.5. The molecule has 0 spiro atoms. The number of carbonyl (C=O) groups excluding carboxylic acids is 2. The number of carbonyl (C=O) groups is 2. The van der Waals surface area contributed by atoms with Gasteiger partial charge in [0, 0.05) is 25.0 Å². The summed E-state index contributed by atoms with van der Waals surface area (Å²) < 4.78 is 11.0. The van der Waals surface area contributed by atoms with Crippen LogP contribution in [0, 0.1) is 5.41 Å². The van der Waals surface area contributed by atoms with Gasteiger partial charge in [0.1, 0.15) is 17.3 Å². The second-order valence-corrected chi connectivity index (χ2v) is 7.82. The average Bonchev–Trinajstić information content (AvgIpc) is 3.01. The number of ether oxygens (including phenoxy) is 2. The van der Waals surface area contributed by atoms with E-state index < -0.39 is 17.0 Å². The quantitative estimate of drug-likeness (QED) is 0.785. The van der Waals surface area contributed by atoms with Crippen LogP contribution in [0.3, 0.4) is 0 Å². The van der Waals surface area contributed by atoms with E-state index in [0.717, 1.165) is 0 Å². The van der Waals surface area contributed by atoms with Gasteiger partial charge < -0.3 is 25.4 Å².